The van der Waals surface area contributed by atoms with Crippen LogP contribution < -0.4 is 14.8 Å². The SMILES string of the molecule is COc1cc2c(cc1OC)C(c1ccc(Cl)cc1)N(C(=O)NCc1cocn1)CC2. The number of hydrogen-bond acceptors (Lipinski definition) is 5. The van der Waals surface area contributed by atoms with E-state index in [-0.39, 0.29) is 18.6 Å². The summed E-state index contributed by atoms with van der Waals surface area (Å²) < 4.78 is 15.9. The van der Waals surface area contributed by atoms with E-state index in [2.05, 4.69) is 10.3 Å². The van der Waals surface area contributed by atoms with E-state index >= 15 is 0 Å². The number of carbonyl (C=O) groups excluding carboxylic acids is 1. The smallest absolute Gasteiger partial charge is 0.318 e. The van der Waals surface area contributed by atoms with Gasteiger partial charge in [0.25, 0.3) is 0 Å². The number of aromatic nitrogens is 1. The summed E-state index contributed by atoms with van der Waals surface area (Å²) in [6.45, 7) is 0.846. The summed E-state index contributed by atoms with van der Waals surface area (Å²) >= 11 is 6.10. The Hall–Kier alpha value is -3.19. The van der Waals surface area contributed by atoms with Gasteiger partial charge in [-0.25, -0.2) is 9.78 Å². The Kier molecular flexibility index (Phi) is 5.81. The minimum absolute atomic E-state index is 0.182. The van der Waals surface area contributed by atoms with E-state index in [9.17, 15) is 4.79 Å². The second-order valence-electron chi connectivity index (χ2n) is 6.94. The molecule has 2 heterocycles. The number of urea groups is 1. The van der Waals surface area contributed by atoms with Crippen LogP contribution in [0.25, 0.3) is 0 Å². The van der Waals surface area contributed by atoms with Crippen LogP contribution in [0.4, 0.5) is 4.79 Å². The fourth-order valence-electron chi connectivity index (χ4n) is 3.76. The lowest BCUT2D eigenvalue weighted by atomic mass is 9.88. The molecule has 1 N–H and O–H groups in total. The van der Waals surface area contributed by atoms with Crippen LogP contribution in [0, 0.1) is 0 Å². The summed E-state index contributed by atoms with van der Waals surface area (Å²) in [5.41, 5.74) is 3.74. The van der Waals surface area contributed by atoms with Gasteiger partial charge in [0, 0.05) is 11.6 Å². The van der Waals surface area contributed by atoms with Crippen LogP contribution in [0.15, 0.2) is 53.5 Å². The van der Waals surface area contributed by atoms with Crippen molar-refractivity contribution in [1.29, 1.82) is 0 Å². The van der Waals surface area contributed by atoms with E-state index in [1.807, 2.05) is 41.3 Å². The summed E-state index contributed by atoms with van der Waals surface area (Å²) in [4.78, 5) is 19.0. The number of rotatable bonds is 5. The molecule has 2 aromatic carbocycles. The maximum Gasteiger partial charge on any atom is 0.318 e. The summed E-state index contributed by atoms with van der Waals surface area (Å²) in [6.07, 6.45) is 3.56. The molecular weight excluding hydrogens is 406 g/mol. The lowest BCUT2D eigenvalue weighted by molar-refractivity contribution is 0.179. The van der Waals surface area contributed by atoms with Gasteiger partial charge >= 0.3 is 6.03 Å². The minimum Gasteiger partial charge on any atom is -0.493 e. The lowest BCUT2D eigenvalue weighted by Gasteiger charge is -2.38. The second-order valence-corrected chi connectivity index (χ2v) is 7.38. The molecule has 1 aliphatic heterocycles. The third-order valence-electron chi connectivity index (χ3n) is 5.22. The largest absolute Gasteiger partial charge is 0.493 e. The molecule has 0 bridgehead atoms. The van der Waals surface area contributed by atoms with Gasteiger partial charge in [-0.05, 0) is 47.4 Å². The first-order valence-corrected chi connectivity index (χ1v) is 9.90. The van der Waals surface area contributed by atoms with Crippen LogP contribution >= 0.6 is 11.6 Å². The molecular formula is C22H22ClN3O4. The molecule has 1 aliphatic rings. The molecule has 0 saturated carbocycles. The van der Waals surface area contributed by atoms with Gasteiger partial charge in [-0.3, -0.25) is 0 Å². The molecule has 3 aromatic rings. The van der Waals surface area contributed by atoms with Crippen molar-refractivity contribution in [1.82, 2.24) is 15.2 Å². The molecule has 0 saturated heterocycles. The maximum atomic E-state index is 13.1. The lowest BCUT2D eigenvalue weighted by Crippen LogP contribution is -2.45. The number of carbonyl (C=O) groups is 1. The van der Waals surface area contributed by atoms with Gasteiger partial charge in [-0.1, -0.05) is 23.7 Å². The molecule has 1 unspecified atom stereocenters. The van der Waals surface area contributed by atoms with Crippen molar-refractivity contribution < 1.29 is 18.7 Å². The number of nitrogens with zero attached hydrogens (tertiary/aromatic N) is 2. The molecule has 156 valence electrons. The molecule has 0 aliphatic carbocycles. The van der Waals surface area contributed by atoms with E-state index in [0.717, 1.165) is 16.7 Å². The van der Waals surface area contributed by atoms with Gasteiger partial charge < -0.3 is 24.1 Å². The Morgan fingerprint density at radius 1 is 1.23 bits per heavy atom. The Morgan fingerprint density at radius 3 is 2.63 bits per heavy atom. The van der Waals surface area contributed by atoms with Crippen LogP contribution in [-0.2, 0) is 13.0 Å². The molecule has 0 radical (unpaired) electrons. The highest BCUT2D eigenvalue weighted by atomic mass is 35.5. The quantitative estimate of drug-likeness (QED) is 0.660. The van der Waals surface area contributed by atoms with Crippen molar-refractivity contribution in [3.8, 4) is 11.5 Å². The Labute approximate surface area is 179 Å². The van der Waals surface area contributed by atoms with E-state index in [1.54, 1.807) is 14.2 Å². The highest BCUT2D eigenvalue weighted by molar-refractivity contribution is 6.30. The number of methoxy groups -OCH3 is 2. The fourth-order valence-corrected chi connectivity index (χ4v) is 3.89. The molecule has 4 rings (SSSR count). The monoisotopic (exact) mass is 427 g/mol. The average molecular weight is 428 g/mol. The number of halogens is 1. The minimum atomic E-state index is -0.289. The van der Waals surface area contributed by atoms with Crippen molar-refractivity contribution in [2.75, 3.05) is 20.8 Å². The molecule has 7 nitrogen and oxygen atoms in total. The standard InChI is InChI=1S/C22H22ClN3O4/c1-28-19-9-15-7-8-26(22(27)24-11-17-12-30-13-25-17)21(18(15)10-20(19)29-2)14-3-5-16(23)6-4-14/h3-6,9-10,12-13,21H,7-8,11H2,1-2H3,(H,24,27). The number of amides is 2. The molecule has 8 heteroatoms. The predicted molar refractivity (Wildman–Crippen MR) is 112 cm³/mol. The normalized spacial score (nSPS) is 15.4. The number of nitrogens with one attached hydrogen (secondary N) is 1. The van der Waals surface area contributed by atoms with Crippen molar-refractivity contribution in [3.05, 3.63) is 76.5 Å². The highest BCUT2D eigenvalue weighted by Gasteiger charge is 2.33. The number of fused-ring (bicyclic) bond motifs is 1. The van der Waals surface area contributed by atoms with E-state index in [0.29, 0.717) is 35.2 Å². The molecule has 30 heavy (non-hydrogen) atoms. The Bertz CT molecular complexity index is 1020. The van der Waals surface area contributed by atoms with Crippen LogP contribution in [0.2, 0.25) is 5.02 Å². The van der Waals surface area contributed by atoms with Gasteiger partial charge in [0.15, 0.2) is 17.9 Å². The van der Waals surface area contributed by atoms with E-state index < -0.39 is 0 Å². The Balaban J connectivity index is 1.71. The molecule has 1 aromatic heterocycles. The van der Waals surface area contributed by atoms with Gasteiger partial charge in [0.05, 0.1) is 32.5 Å². The van der Waals surface area contributed by atoms with Crippen molar-refractivity contribution >= 4 is 17.6 Å². The molecule has 0 fully saturated rings. The topological polar surface area (TPSA) is 76.8 Å². The first-order valence-electron chi connectivity index (χ1n) is 9.52. The molecule has 1 atom stereocenters. The van der Waals surface area contributed by atoms with E-state index in [1.165, 1.54) is 12.7 Å². The van der Waals surface area contributed by atoms with Gasteiger partial charge in [0.2, 0.25) is 0 Å². The van der Waals surface area contributed by atoms with Crippen LogP contribution in [0.3, 0.4) is 0 Å². The van der Waals surface area contributed by atoms with Crippen molar-refractivity contribution in [2.24, 2.45) is 0 Å². The van der Waals surface area contributed by atoms with Crippen LogP contribution in [0.1, 0.15) is 28.4 Å². The number of benzene rings is 2. The third kappa shape index (κ3) is 3.93. The summed E-state index contributed by atoms with van der Waals surface area (Å²) in [5, 5.41) is 3.57. The maximum absolute atomic E-state index is 13.1. The van der Waals surface area contributed by atoms with Gasteiger partial charge in [0.1, 0.15) is 6.26 Å². The van der Waals surface area contributed by atoms with Gasteiger partial charge in [-0.15, -0.1) is 0 Å². The number of ether oxygens (including phenoxy) is 2. The third-order valence-corrected chi connectivity index (χ3v) is 5.48. The fraction of sp³-hybridized carbons (Fsp3) is 0.273. The summed E-state index contributed by atoms with van der Waals surface area (Å²) in [5.74, 6) is 1.30. The predicted octanol–water partition coefficient (Wildman–Crippen LogP) is 4.20. The zero-order valence-corrected chi connectivity index (χ0v) is 17.5. The summed E-state index contributed by atoms with van der Waals surface area (Å²) in [7, 11) is 3.22. The zero-order chi connectivity index (χ0) is 21.1. The van der Waals surface area contributed by atoms with Gasteiger partial charge in [-0.2, -0.15) is 0 Å². The van der Waals surface area contributed by atoms with Crippen LogP contribution in [0.5, 0.6) is 11.5 Å². The summed E-state index contributed by atoms with van der Waals surface area (Å²) in [6, 6.07) is 11.0. The molecule has 0 spiro atoms. The Morgan fingerprint density at radius 2 is 1.97 bits per heavy atom. The van der Waals surface area contributed by atoms with Crippen molar-refractivity contribution in [2.45, 2.75) is 19.0 Å². The second kappa shape index (κ2) is 8.67. The van der Waals surface area contributed by atoms with Crippen LogP contribution in [-0.4, -0.2) is 36.7 Å². The number of oxazole rings is 1. The van der Waals surface area contributed by atoms with E-state index in [4.69, 9.17) is 25.5 Å². The highest BCUT2D eigenvalue weighted by Crippen LogP contribution is 2.41. The number of hydrogen-bond donors (Lipinski definition) is 1. The zero-order valence-electron chi connectivity index (χ0n) is 16.7. The first kappa shape index (κ1) is 20.1. The molecule has 2 amide bonds. The van der Waals surface area contributed by atoms with Crippen molar-refractivity contribution in [3.63, 3.8) is 0 Å². The first-order chi connectivity index (χ1) is 14.6. The average Bonchev–Trinajstić information content (AvgIpc) is 3.30.